The predicted molar refractivity (Wildman–Crippen MR) is 109 cm³/mol. The smallest absolute Gasteiger partial charge is 0.193 e. The highest BCUT2D eigenvalue weighted by Crippen LogP contribution is 2.24. The molecule has 0 aromatic heterocycles. The van der Waals surface area contributed by atoms with Crippen LogP contribution < -0.4 is 10.2 Å². The molecular formula is C21H33FN4O. The van der Waals surface area contributed by atoms with Crippen molar-refractivity contribution in [2.24, 2.45) is 16.8 Å². The standard InChI is InChI=1S/C21H33FN4O/c1-16(2)12-18-6-7-26(15-18)21(23-3)24-14-17-4-5-20(19(22)13-17)25-8-10-27-11-9-25/h4-5,13,16,18H,6-12,14-15H2,1-3H3,(H,23,24). The third kappa shape index (κ3) is 5.34. The molecule has 5 nitrogen and oxygen atoms in total. The topological polar surface area (TPSA) is 40.1 Å². The second-order valence-electron chi connectivity index (χ2n) is 8.02. The SMILES string of the molecule is CN=C(NCc1ccc(N2CCOCC2)c(F)c1)N1CCC(CC(C)C)C1. The van der Waals surface area contributed by atoms with Crippen LogP contribution in [0.2, 0.25) is 0 Å². The minimum Gasteiger partial charge on any atom is -0.378 e. The minimum absolute atomic E-state index is 0.163. The van der Waals surface area contributed by atoms with Gasteiger partial charge in [-0.15, -0.1) is 0 Å². The van der Waals surface area contributed by atoms with Crippen molar-refractivity contribution in [2.75, 3.05) is 51.3 Å². The molecule has 0 amide bonds. The van der Waals surface area contributed by atoms with Gasteiger partial charge < -0.3 is 19.9 Å². The van der Waals surface area contributed by atoms with E-state index in [-0.39, 0.29) is 5.82 Å². The molecule has 1 N–H and O–H groups in total. The molecule has 0 bridgehead atoms. The highest BCUT2D eigenvalue weighted by molar-refractivity contribution is 5.80. The summed E-state index contributed by atoms with van der Waals surface area (Å²) in [7, 11) is 1.82. The van der Waals surface area contributed by atoms with E-state index in [4.69, 9.17) is 4.74 Å². The van der Waals surface area contributed by atoms with E-state index in [2.05, 4.69) is 29.1 Å². The lowest BCUT2D eigenvalue weighted by molar-refractivity contribution is 0.122. The molecule has 2 aliphatic rings. The summed E-state index contributed by atoms with van der Waals surface area (Å²) in [5.41, 5.74) is 1.60. The molecule has 6 heteroatoms. The van der Waals surface area contributed by atoms with E-state index in [1.807, 2.05) is 24.1 Å². The van der Waals surface area contributed by atoms with Gasteiger partial charge in [0.2, 0.25) is 0 Å². The molecule has 2 aliphatic heterocycles. The van der Waals surface area contributed by atoms with E-state index in [0.717, 1.165) is 49.5 Å². The van der Waals surface area contributed by atoms with Crippen molar-refractivity contribution < 1.29 is 9.13 Å². The van der Waals surface area contributed by atoms with Gasteiger partial charge in [0, 0.05) is 39.8 Å². The van der Waals surface area contributed by atoms with E-state index in [9.17, 15) is 4.39 Å². The van der Waals surface area contributed by atoms with E-state index in [1.54, 1.807) is 6.07 Å². The molecule has 3 rings (SSSR count). The lowest BCUT2D eigenvalue weighted by Crippen LogP contribution is -2.39. The molecule has 27 heavy (non-hydrogen) atoms. The molecule has 0 saturated carbocycles. The lowest BCUT2D eigenvalue weighted by Gasteiger charge is -2.29. The van der Waals surface area contributed by atoms with E-state index < -0.39 is 0 Å². The molecular weight excluding hydrogens is 343 g/mol. The fraction of sp³-hybridized carbons (Fsp3) is 0.667. The molecule has 150 valence electrons. The van der Waals surface area contributed by atoms with Gasteiger partial charge in [-0.1, -0.05) is 19.9 Å². The quantitative estimate of drug-likeness (QED) is 0.633. The van der Waals surface area contributed by atoms with Crippen LogP contribution in [0.5, 0.6) is 0 Å². The number of nitrogens with one attached hydrogen (secondary N) is 1. The van der Waals surface area contributed by atoms with Crippen LogP contribution in [-0.4, -0.2) is 57.3 Å². The summed E-state index contributed by atoms with van der Waals surface area (Å²) in [6.45, 7) is 10.1. The number of hydrogen-bond donors (Lipinski definition) is 1. The summed E-state index contributed by atoms with van der Waals surface area (Å²) in [5, 5.41) is 3.40. The zero-order chi connectivity index (χ0) is 19.2. The number of ether oxygens (including phenoxy) is 1. The third-order valence-electron chi connectivity index (χ3n) is 5.42. The average Bonchev–Trinajstić information content (AvgIpc) is 3.10. The maximum absolute atomic E-state index is 14.6. The molecule has 0 aliphatic carbocycles. The van der Waals surface area contributed by atoms with Crippen molar-refractivity contribution in [1.29, 1.82) is 0 Å². The number of rotatable bonds is 5. The van der Waals surface area contributed by atoms with Gasteiger partial charge in [-0.05, 0) is 42.4 Å². The van der Waals surface area contributed by atoms with Crippen LogP contribution >= 0.6 is 0 Å². The van der Waals surface area contributed by atoms with Gasteiger partial charge in [-0.3, -0.25) is 4.99 Å². The van der Waals surface area contributed by atoms with Crippen molar-refractivity contribution in [3.8, 4) is 0 Å². The Hall–Kier alpha value is -1.82. The average molecular weight is 377 g/mol. The van der Waals surface area contributed by atoms with Gasteiger partial charge in [0.15, 0.2) is 5.96 Å². The zero-order valence-electron chi connectivity index (χ0n) is 16.9. The Bertz CT molecular complexity index is 643. The number of likely N-dealkylation sites (tertiary alicyclic amines) is 1. The summed E-state index contributed by atoms with van der Waals surface area (Å²) in [5.74, 6) is 2.23. The van der Waals surface area contributed by atoms with Crippen LogP contribution in [0.1, 0.15) is 32.3 Å². The fourth-order valence-corrected chi connectivity index (χ4v) is 4.12. The maximum Gasteiger partial charge on any atom is 0.193 e. The number of hydrogen-bond acceptors (Lipinski definition) is 3. The van der Waals surface area contributed by atoms with Crippen LogP contribution in [-0.2, 0) is 11.3 Å². The fourth-order valence-electron chi connectivity index (χ4n) is 4.12. The second kappa shape index (κ2) is 9.40. The molecule has 1 aromatic carbocycles. The van der Waals surface area contributed by atoms with Crippen molar-refractivity contribution in [2.45, 2.75) is 33.2 Å². The summed E-state index contributed by atoms with van der Waals surface area (Å²) < 4.78 is 19.9. The van der Waals surface area contributed by atoms with Gasteiger partial charge >= 0.3 is 0 Å². The third-order valence-corrected chi connectivity index (χ3v) is 5.42. The normalized spacial score (nSPS) is 21.2. The molecule has 2 saturated heterocycles. The van der Waals surface area contributed by atoms with E-state index in [1.165, 1.54) is 12.8 Å². The first-order valence-electron chi connectivity index (χ1n) is 10.1. The van der Waals surface area contributed by atoms with Crippen molar-refractivity contribution in [3.63, 3.8) is 0 Å². The van der Waals surface area contributed by atoms with Crippen molar-refractivity contribution in [3.05, 3.63) is 29.6 Å². The zero-order valence-corrected chi connectivity index (χ0v) is 16.9. The Balaban J connectivity index is 1.55. The molecule has 1 aromatic rings. The minimum atomic E-state index is -0.163. The Morgan fingerprint density at radius 2 is 2.07 bits per heavy atom. The number of halogens is 1. The Kier molecular flexibility index (Phi) is 6.94. The predicted octanol–water partition coefficient (Wildman–Crippen LogP) is 3.11. The first-order valence-corrected chi connectivity index (χ1v) is 10.1. The van der Waals surface area contributed by atoms with Crippen LogP contribution in [0.25, 0.3) is 0 Å². The molecule has 1 atom stereocenters. The molecule has 2 heterocycles. The van der Waals surface area contributed by atoms with Crippen molar-refractivity contribution in [1.82, 2.24) is 10.2 Å². The Morgan fingerprint density at radius 3 is 2.74 bits per heavy atom. The van der Waals surface area contributed by atoms with E-state index in [0.29, 0.717) is 25.4 Å². The van der Waals surface area contributed by atoms with Crippen LogP contribution in [0.4, 0.5) is 10.1 Å². The molecule has 1 unspecified atom stereocenters. The molecule has 0 radical (unpaired) electrons. The second-order valence-corrected chi connectivity index (χ2v) is 8.02. The van der Waals surface area contributed by atoms with Gasteiger partial charge in [0.25, 0.3) is 0 Å². The van der Waals surface area contributed by atoms with Gasteiger partial charge in [-0.25, -0.2) is 4.39 Å². The summed E-state index contributed by atoms with van der Waals surface area (Å²) in [6, 6.07) is 5.52. The van der Waals surface area contributed by atoms with Crippen molar-refractivity contribution >= 4 is 11.6 Å². The summed E-state index contributed by atoms with van der Waals surface area (Å²) >= 11 is 0. The highest BCUT2D eigenvalue weighted by Gasteiger charge is 2.25. The monoisotopic (exact) mass is 376 g/mol. The first-order chi connectivity index (χ1) is 13.1. The largest absolute Gasteiger partial charge is 0.378 e. The number of morpholine rings is 1. The summed E-state index contributed by atoms with van der Waals surface area (Å²) in [6.07, 6.45) is 2.49. The van der Waals surface area contributed by atoms with Gasteiger partial charge in [0.1, 0.15) is 5.82 Å². The highest BCUT2D eigenvalue weighted by atomic mass is 19.1. The molecule has 2 fully saturated rings. The number of guanidine groups is 1. The van der Waals surface area contributed by atoms with Crippen LogP contribution in [0, 0.1) is 17.7 Å². The number of nitrogens with zero attached hydrogens (tertiary/aromatic N) is 3. The van der Waals surface area contributed by atoms with E-state index >= 15 is 0 Å². The Labute approximate surface area is 162 Å². The van der Waals surface area contributed by atoms with Gasteiger partial charge in [0.05, 0.1) is 18.9 Å². The summed E-state index contributed by atoms with van der Waals surface area (Å²) in [4.78, 5) is 8.80. The maximum atomic E-state index is 14.6. The molecule has 0 spiro atoms. The Morgan fingerprint density at radius 1 is 1.30 bits per heavy atom. The number of benzene rings is 1. The van der Waals surface area contributed by atoms with Gasteiger partial charge in [-0.2, -0.15) is 0 Å². The van der Waals surface area contributed by atoms with Crippen LogP contribution in [0.15, 0.2) is 23.2 Å². The first kappa shape index (κ1) is 19.9. The lowest BCUT2D eigenvalue weighted by atomic mass is 9.97. The number of aliphatic imine (C=N–C) groups is 1. The number of anilines is 1. The van der Waals surface area contributed by atoms with Crippen LogP contribution in [0.3, 0.4) is 0 Å².